The largest absolute Gasteiger partial charge is 0.395 e. The van der Waals surface area contributed by atoms with Crippen LogP contribution in [0.4, 0.5) is 4.79 Å². The van der Waals surface area contributed by atoms with Gasteiger partial charge in [0.15, 0.2) is 0 Å². The molecule has 76 valence electrons. The number of allylic oxidation sites excluding steroid dienone is 1. The molecule has 0 fully saturated rings. The number of aliphatic hydroxyl groups excluding tert-OH is 1. The third-order valence-electron chi connectivity index (χ3n) is 1.52. The van der Waals surface area contributed by atoms with Gasteiger partial charge in [-0.05, 0) is 20.8 Å². The average Bonchev–Trinajstić information content (AvgIpc) is 2.10. The van der Waals surface area contributed by atoms with Crippen LogP contribution in [0, 0.1) is 0 Å². The van der Waals surface area contributed by atoms with Crippen molar-refractivity contribution in [3.05, 3.63) is 11.8 Å². The van der Waals surface area contributed by atoms with Crippen LogP contribution in [0.1, 0.15) is 20.8 Å². The van der Waals surface area contributed by atoms with Gasteiger partial charge in [0.1, 0.15) is 0 Å². The predicted octanol–water partition coefficient (Wildman–Crippen LogP) is 0.934. The van der Waals surface area contributed by atoms with Gasteiger partial charge < -0.3 is 15.3 Å². The molecule has 0 aromatic heterocycles. The Morgan fingerprint density at radius 3 is 2.54 bits per heavy atom. The first-order valence-electron chi connectivity index (χ1n) is 4.41. The van der Waals surface area contributed by atoms with E-state index in [0.717, 1.165) is 5.57 Å². The van der Waals surface area contributed by atoms with Crippen LogP contribution in [-0.4, -0.2) is 35.7 Å². The van der Waals surface area contributed by atoms with Crippen molar-refractivity contribution in [1.82, 2.24) is 10.2 Å². The fraction of sp³-hybridized carbons (Fsp3) is 0.667. The Morgan fingerprint density at radius 2 is 2.15 bits per heavy atom. The van der Waals surface area contributed by atoms with Gasteiger partial charge in [0, 0.05) is 19.3 Å². The van der Waals surface area contributed by atoms with Gasteiger partial charge in [-0.2, -0.15) is 0 Å². The lowest BCUT2D eigenvalue weighted by atomic mass is 10.4. The molecule has 0 bridgehead atoms. The quantitative estimate of drug-likeness (QED) is 0.686. The zero-order valence-corrected chi connectivity index (χ0v) is 8.50. The number of hydrogen-bond acceptors (Lipinski definition) is 2. The van der Waals surface area contributed by atoms with Gasteiger partial charge in [0.05, 0.1) is 6.61 Å². The molecule has 4 heteroatoms. The first-order chi connectivity index (χ1) is 6.11. The summed E-state index contributed by atoms with van der Waals surface area (Å²) in [5.74, 6) is 0. The van der Waals surface area contributed by atoms with Gasteiger partial charge in [0.25, 0.3) is 0 Å². The van der Waals surface area contributed by atoms with Crippen LogP contribution in [0.25, 0.3) is 0 Å². The standard InChI is InChI=1S/C9H18N2O2/c1-4-11(5-6-12)9(13)10-7-8(2)3/h7,12H,4-6H2,1-3H3,(H,10,13). The van der Waals surface area contributed by atoms with Crippen LogP contribution >= 0.6 is 0 Å². The molecule has 0 aliphatic carbocycles. The van der Waals surface area contributed by atoms with Crippen molar-refractivity contribution in [2.45, 2.75) is 20.8 Å². The summed E-state index contributed by atoms with van der Waals surface area (Å²) in [5, 5.41) is 11.3. The number of urea groups is 1. The molecule has 0 aromatic rings. The summed E-state index contributed by atoms with van der Waals surface area (Å²) in [5.41, 5.74) is 1.04. The molecular weight excluding hydrogens is 168 g/mol. The van der Waals surface area contributed by atoms with Crippen molar-refractivity contribution in [1.29, 1.82) is 0 Å². The minimum absolute atomic E-state index is 0.00389. The average molecular weight is 186 g/mol. The highest BCUT2D eigenvalue weighted by atomic mass is 16.3. The first kappa shape index (κ1) is 12.0. The molecule has 0 aliphatic rings. The summed E-state index contributed by atoms with van der Waals surface area (Å²) in [6.45, 7) is 6.65. The Labute approximate surface area is 79.2 Å². The van der Waals surface area contributed by atoms with E-state index in [4.69, 9.17) is 5.11 Å². The normalized spacial score (nSPS) is 9.23. The lowest BCUT2D eigenvalue weighted by Crippen LogP contribution is -2.39. The summed E-state index contributed by atoms with van der Waals surface area (Å²) >= 11 is 0. The SMILES string of the molecule is CCN(CCO)C(=O)NC=C(C)C. The second-order valence-corrected chi connectivity index (χ2v) is 2.97. The summed E-state index contributed by atoms with van der Waals surface area (Å²) in [6, 6.07) is -0.169. The Kier molecular flexibility index (Phi) is 5.97. The summed E-state index contributed by atoms with van der Waals surface area (Å²) < 4.78 is 0. The zero-order chi connectivity index (χ0) is 10.3. The fourth-order valence-electron chi connectivity index (χ4n) is 0.821. The van der Waals surface area contributed by atoms with E-state index in [1.165, 1.54) is 0 Å². The van der Waals surface area contributed by atoms with Crippen LogP contribution in [0.15, 0.2) is 11.8 Å². The van der Waals surface area contributed by atoms with E-state index in [1.54, 1.807) is 11.1 Å². The molecule has 0 atom stereocenters. The molecule has 0 unspecified atom stereocenters. The van der Waals surface area contributed by atoms with Crippen molar-refractivity contribution in [2.75, 3.05) is 19.7 Å². The molecule has 2 amide bonds. The van der Waals surface area contributed by atoms with E-state index in [1.807, 2.05) is 20.8 Å². The second kappa shape index (κ2) is 6.48. The Bertz CT molecular complexity index is 186. The molecule has 0 saturated carbocycles. The van der Waals surface area contributed by atoms with E-state index >= 15 is 0 Å². The van der Waals surface area contributed by atoms with Gasteiger partial charge in [-0.3, -0.25) is 0 Å². The molecule has 0 saturated heterocycles. The molecule has 0 aromatic carbocycles. The number of hydrogen-bond donors (Lipinski definition) is 2. The predicted molar refractivity (Wildman–Crippen MR) is 52.3 cm³/mol. The molecule has 0 heterocycles. The number of carbonyl (C=O) groups is 1. The van der Waals surface area contributed by atoms with E-state index in [-0.39, 0.29) is 12.6 Å². The van der Waals surface area contributed by atoms with Crippen molar-refractivity contribution in [2.24, 2.45) is 0 Å². The topological polar surface area (TPSA) is 52.6 Å². The van der Waals surface area contributed by atoms with Crippen molar-refractivity contribution < 1.29 is 9.90 Å². The van der Waals surface area contributed by atoms with Crippen LogP contribution in [0.5, 0.6) is 0 Å². The molecular formula is C9H18N2O2. The third-order valence-corrected chi connectivity index (χ3v) is 1.52. The van der Waals surface area contributed by atoms with Crippen LogP contribution in [0.2, 0.25) is 0 Å². The van der Waals surface area contributed by atoms with Gasteiger partial charge in [-0.25, -0.2) is 4.79 Å². The van der Waals surface area contributed by atoms with Crippen LogP contribution < -0.4 is 5.32 Å². The minimum atomic E-state index is -0.169. The number of likely N-dealkylation sites (N-methyl/N-ethyl adjacent to an activating group) is 1. The highest BCUT2D eigenvalue weighted by molar-refractivity contribution is 5.75. The molecule has 13 heavy (non-hydrogen) atoms. The molecule has 0 aliphatic heterocycles. The summed E-state index contributed by atoms with van der Waals surface area (Å²) in [4.78, 5) is 12.9. The van der Waals surface area contributed by atoms with Crippen LogP contribution in [-0.2, 0) is 0 Å². The number of rotatable bonds is 4. The number of nitrogens with zero attached hydrogens (tertiary/aromatic N) is 1. The lowest BCUT2D eigenvalue weighted by molar-refractivity contribution is 0.183. The highest BCUT2D eigenvalue weighted by Crippen LogP contribution is 1.90. The lowest BCUT2D eigenvalue weighted by Gasteiger charge is -2.18. The Hall–Kier alpha value is -1.03. The Balaban J connectivity index is 3.98. The van der Waals surface area contributed by atoms with Gasteiger partial charge in [-0.15, -0.1) is 0 Å². The molecule has 0 radical (unpaired) electrons. The van der Waals surface area contributed by atoms with E-state index in [2.05, 4.69) is 5.32 Å². The van der Waals surface area contributed by atoms with E-state index < -0.39 is 0 Å². The maximum atomic E-state index is 11.3. The number of carbonyl (C=O) groups excluding carboxylic acids is 1. The summed E-state index contributed by atoms with van der Waals surface area (Å²) in [6.07, 6.45) is 1.66. The molecule has 2 N–H and O–H groups in total. The minimum Gasteiger partial charge on any atom is -0.395 e. The number of aliphatic hydroxyl groups is 1. The highest BCUT2D eigenvalue weighted by Gasteiger charge is 2.07. The maximum Gasteiger partial charge on any atom is 0.321 e. The van der Waals surface area contributed by atoms with Gasteiger partial charge in [-0.1, -0.05) is 5.57 Å². The number of nitrogens with one attached hydrogen (secondary N) is 1. The number of amides is 2. The second-order valence-electron chi connectivity index (χ2n) is 2.97. The third kappa shape index (κ3) is 5.25. The molecule has 4 nitrogen and oxygen atoms in total. The molecule has 0 rings (SSSR count). The first-order valence-corrected chi connectivity index (χ1v) is 4.41. The van der Waals surface area contributed by atoms with Gasteiger partial charge >= 0.3 is 6.03 Å². The maximum absolute atomic E-state index is 11.3. The monoisotopic (exact) mass is 186 g/mol. The van der Waals surface area contributed by atoms with E-state index in [9.17, 15) is 4.79 Å². The molecule has 0 spiro atoms. The van der Waals surface area contributed by atoms with Crippen LogP contribution in [0.3, 0.4) is 0 Å². The van der Waals surface area contributed by atoms with Crippen molar-refractivity contribution in [3.63, 3.8) is 0 Å². The van der Waals surface area contributed by atoms with Gasteiger partial charge in [0.2, 0.25) is 0 Å². The zero-order valence-electron chi connectivity index (χ0n) is 8.50. The van der Waals surface area contributed by atoms with E-state index in [0.29, 0.717) is 13.1 Å². The van der Waals surface area contributed by atoms with Crippen molar-refractivity contribution >= 4 is 6.03 Å². The fourth-order valence-corrected chi connectivity index (χ4v) is 0.821. The summed E-state index contributed by atoms with van der Waals surface area (Å²) in [7, 11) is 0. The Morgan fingerprint density at radius 1 is 1.54 bits per heavy atom. The van der Waals surface area contributed by atoms with Crippen molar-refractivity contribution in [3.8, 4) is 0 Å². The smallest absolute Gasteiger partial charge is 0.321 e.